The number of rotatable bonds is 2. The van der Waals surface area contributed by atoms with Crippen molar-refractivity contribution in [1.29, 1.82) is 0 Å². The van der Waals surface area contributed by atoms with Gasteiger partial charge in [0.05, 0.1) is 18.4 Å². The minimum Gasteiger partial charge on any atom is -0.465 e. The van der Waals surface area contributed by atoms with Crippen LogP contribution in [0, 0.1) is 3.57 Å². The summed E-state index contributed by atoms with van der Waals surface area (Å²) < 4.78 is 7.67. The van der Waals surface area contributed by atoms with Crippen LogP contribution in [-0.4, -0.2) is 17.6 Å². The third-order valence-corrected chi connectivity index (χ3v) is 2.92. The van der Waals surface area contributed by atoms with Crippen LogP contribution in [0.25, 0.3) is 5.69 Å². The lowest BCUT2D eigenvalue weighted by atomic mass is 10.2. The summed E-state index contributed by atoms with van der Waals surface area (Å²) in [4.78, 5) is 11.6. The Kier molecular flexibility index (Phi) is 3.28. The van der Waals surface area contributed by atoms with Crippen LogP contribution in [0.5, 0.6) is 0 Å². The molecule has 2 rings (SSSR count). The molecule has 82 valence electrons. The molecular formula is C12H10INO2. The Hall–Kier alpha value is -1.30. The molecule has 0 saturated heterocycles. The lowest BCUT2D eigenvalue weighted by Crippen LogP contribution is -2.07. The van der Waals surface area contributed by atoms with Gasteiger partial charge < -0.3 is 9.30 Å². The first kappa shape index (κ1) is 11.2. The van der Waals surface area contributed by atoms with Crippen molar-refractivity contribution in [2.24, 2.45) is 0 Å². The Balaban J connectivity index is 2.57. The van der Waals surface area contributed by atoms with E-state index < -0.39 is 0 Å². The molecule has 1 heterocycles. The average molecular weight is 327 g/mol. The number of aromatic nitrogens is 1. The van der Waals surface area contributed by atoms with Gasteiger partial charge in [0.15, 0.2) is 0 Å². The number of hydrogen-bond acceptors (Lipinski definition) is 2. The summed E-state index contributed by atoms with van der Waals surface area (Å²) in [5.41, 5.74) is 1.41. The first-order valence-corrected chi connectivity index (χ1v) is 5.81. The smallest absolute Gasteiger partial charge is 0.340 e. The van der Waals surface area contributed by atoms with E-state index in [1.54, 1.807) is 0 Å². The van der Waals surface area contributed by atoms with Crippen LogP contribution < -0.4 is 0 Å². The fourth-order valence-corrected chi connectivity index (χ4v) is 1.99. The summed E-state index contributed by atoms with van der Waals surface area (Å²) in [5, 5.41) is 0. The van der Waals surface area contributed by atoms with Crippen LogP contribution in [0.4, 0.5) is 0 Å². The number of esters is 1. The van der Waals surface area contributed by atoms with E-state index >= 15 is 0 Å². The van der Waals surface area contributed by atoms with Crippen molar-refractivity contribution < 1.29 is 9.53 Å². The molecule has 3 nitrogen and oxygen atoms in total. The van der Waals surface area contributed by atoms with Crippen molar-refractivity contribution >= 4 is 28.6 Å². The largest absolute Gasteiger partial charge is 0.465 e. The molecule has 2 aromatic rings. The number of carbonyl (C=O) groups is 1. The van der Waals surface area contributed by atoms with E-state index in [1.165, 1.54) is 7.11 Å². The van der Waals surface area contributed by atoms with Gasteiger partial charge in [0.25, 0.3) is 0 Å². The Labute approximate surface area is 107 Å². The lowest BCUT2D eigenvalue weighted by molar-refractivity contribution is 0.0600. The van der Waals surface area contributed by atoms with E-state index in [9.17, 15) is 4.79 Å². The number of benzene rings is 1. The fourth-order valence-electron chi connectivity index (χ4n) is 1.50. The van der Waals surface area contributed by atoms with Gasteiger partial charge in [0.2, 0.25) is 0 Å². The first-order chi connectivity index (χ1) is 7.72. The highest BCUT2D eigenvalue weighted by Gasteiger charge is 2.12. The van der Waals surface area contributed by atoms with Crippen LogP contribution in [0.3, 0.4) is 0 Å². The van der Waals surface area contributed by atoms with E-state index in [1.807, 2.05) is 47.3 Å². The zero-order valence-electron chi connectivity index (χ0n) is 8.68. The maximum absolute atomic E-state index is 11.6. The van der Waals surface area contributed by atoms with Crippen molar-refractivity contribution in [3.8, 4) is 5.69 Å². The Morgan fingerprint density at radius 2 is 2.00 bits per heavy atom. The van der Waals surface area contributed by atoms with Gasteiger partial charge in [-0.3, -0.25) is 0 Å². The van der Waals surface area contributed by atoms with Gasteiger partial charge in [-0.15, -0.1) is 0 Å². The number of hydrogen-bond donors (Lipinski definition) is 0. The predicted molar refractivity (Wildman–Crippen MR) is 69.8 cm³/mol. The molecule has 0 spiro atoms. The van der Waals surface area contributed by atoms with Crippen LogP contribution in [0.15, 0.2) is 42.7 Å². The molecular weight excluding hydrogens is 317 g/mol. The SMILES string of the molecule is COC(=O)c1cc(I)ccc1-n1cccc1. The average Bonchev–Trinajstić information content (AvgIpc) is 2.81. The molecule has 0 N–H and O–H groups in total. The van der Waals surface area contributed by atoms with Gasteiger partial charge in [-0.1, -0.05) is 0 Å². The number of ether oxygens (including phenoxy) is 1. The first-order valence-electron chi connectivity index (χ1n) is 4.73. The summed E-state index contributed by atoms with van der Waals surface area (Å²) in [6.45, 7) is 0. The maximum atomic E-state index is 11.6. The summed E-state index contributed by atoms with van der Waals surface area (Å²) in [6.07, 6.45) is 3.79. The second kappa shape index (κ2) is 4.69. The highest BCUT2D eigenvalue weighted by molar-refractivity contribution is 14.1. The molecule has 0 radical (unpaired) electrons. The molecule has 0 aliphatic carbocycles. The molecule has 0 atom stereocenters. The molecule has 4 heteroatoms. The Bertz CT molecular complexity index is 506. The van der Waals surface area contributed by atoms with Gasteiger partial charge in [0, 0.05) is 16.0 Å². The van der Waals surface area contributed by atoms with Gasteiger partial charge in [-0.05, 0) is 52.9 Å². The van der Waals surface area contributed by atoms with Crippen LogP contribution in [0.2, 0.25) is 0 Å². The third-order valence-electron chi connectivity index (χ3n) is 2.25. The molecule has 16 heavy (non-hydrogen) atoms. The molecule has 0 aliphatic heterocycles. The highest BCUT2D eigenvalue weighted by atomic mass is 127. The van der Waals surface area contributed by atoms with E-state index in [2.05, 4.69) is 22.6 Å². The monoisotopic (exact) mass is 327 g/mol. The van der Waals surface area contributed by atoms with Crippen molar-refractivity contribution in [3.63, 3.8) is 0 Å². The standard InChI is InChI=1S/C12H10INO2/c1-16-12(15)10-8-9(13)4-5-11(10)14-6-2-3-7-14/h2-8H,1H3. The van der Waals surface area contributed by atoms with Crippen molar-refractivity contribution in [1.82, 2.24) is 4.57 Å². The highest BCUT2D eigenvalue weighted by Crippen LogP contribution is 2.19. The van der Waals surface area contributed by atoms with Crippen molar-refractivity contribution in [3.05, 3.63) is 51.9 Å². The zero-order valence-corrected chi connectivity index (χ0v) is 10.8. The molecule has 0 aliphatic rings. The molecule has 0 fully saturated rings. The van der Waals surface area contributed by atoms with Crippen molar-refractivity contribution in [2.75, 3.05) is 7.11 Å². The minimum atomic E-state index is -0.317. The maximum Gasteiger partial charge on any atom is 0.340 e. The zero-order chi connectivity index (χ0) is 11.5. The molecule has 0 saturated carbocycles. The number of halogens is 1. The van der Waals surface area contributed by atoms with Gasteiger partial charge in [-0.25, -0.2) is 4.79 Å². The number of carbonyl (C=O) groups excluding carboxylic acids is 1. The molecule has 1 aromatic heterocycles. The van der Waals surface area contributed by atoms with E-state index in [-0.39, 0.29) is 5.97 Å². The second-order valence-corrected chi connectivity index (χ2v) is 4.49. The summed E-state index contributed by atoms with van der Waals surface area (Å²) >= 11 is 2.17. The number of methoxy groups -OCH3 is 1. The van der Waals surface area contributed by atoms with Gasteiger partial charge >= 0.3 is 5.97 Å². The summed E-state index contributed by atoms with van der Waals surface area (Å²) in [7, 11) is 1.39. The summed E-state index contributed by atoms with van der Waals surface area (Å²) in [5.74, 6) is -0.317. The van der Waals surface area contributed by atoms with Crippen LogP contribution in [0.1, 0.15) is 10.4 Å². The quantitative estimate of drug-likeness (QED) is 0.627. The number of nitrogens with zero attached hydrogens (tertiary/aromatic N) is 1. The predicted octanol–water partition coefficient (Wildman–Crippen LogP) is 2.87. The Morgan fingerprint density at radius 3 is 2.62 bits per heavy atom. The Morgan fingerprint density at radius 1 is 1.31 bits per heavy atom. The molecule has 0 unspecified atom stereocenters. The van der Waals surface area contributed by atoms with Crippen LogP contribution >= 0.6 is 22.6 Å². The van der Waals surface area contributed by atoms with Gasteiger partial charge in [-0.2, -0.15) is 0 Å². The van der Waals surface area contributed by atoms with E-state index in [4.69, 9.17) is 4.74 Å². The second-order valence-electron chi connectivity index (χ2n) is 3.24. The van der Waals surface area contributed by atoms with Crippen molar-refractivity contribution in [2.45, 2.75) is 0 Å². The normalized spacial score (nSPS) is 10.1. The molecule has 0 amide bonds. The molecule has 1 aromatic carbocycles. The van der Waals surface area contributed by atoms with E-state index in [0.717, 1.165) is 9.26 Å². The van der Waals surface area contributed by atoms with Gasteiger partial charge in [0.1, 0.15) is 0 Å². The summed E-state index contributed by atoms with van der Waals surface area (Å²) in [6, 6.07) is 9.52. The third kappa shape index (κ3) is 2.11. The topological polar surface area (TPSA) is 31.2 Å². The lowest BCUT2D eigenvalue weighted by Gasteiger charge is -2.09. The van der Waals surface area contributed by atoms with Crippen LogP contribution in [-0.2, 0) is 4.74 Å². The van der Waals surface area contributed by atoms with E-state index in [0.29, 0.717) is 5.56 Å². The fraction of sp³-hybridized carbons (Fsp3) is 0.0833. The molecule has 0 bridgehead atoms. The minimum absolute atomic E-state index is 0.317.